The fraction of sp³-hybridized carbons (Fsp3) is 0.214. The maximum atomic E-state index is 14.3. The highest BCUT2D eigenvalue weighted by molar-refractivity contribution is 5.96. The number of aryl methyl sites for hydroxylation is 2. The number of hydrogen-bond donors (Lipinski definition) is 3. The SMILES string of the molecule is C=Cc1[nH]c(C(=O)NCc2cc(F)cc(Oc3ccc(CCC(=O)O)c(C)c3)c2)c(C)c1/C=C(\C)F. The number of H-pyrrole nitrogens is 1. The lowest BCUT2D eigenvalue weighted by Crippen LogP contribution is -2.24. The number of aromatic amines is 1. The summed E-state index contributed by atoms with van der Waals surface area (Å²) in [5.74, 6) is -1.48. The van der Waals surface area contributed by atoms with E-state index in [4.69, 9.17) is 9.84 Å². The van der Waals surface area contributed by atoms with E-state index in [2.05, 4.69) is 16.9 Å². The lowest BCUT2D eigenvalue weighted by Gasteiger charge is -2.11. The Balaban J connectivity index is 1.72. The highest BCUT2D eigenvalue weighted by Crippen LogP contribution is 2.27. The molecule has 0 aliphatic heterocycles. The Bertz CT molecular complexity index is 1340. The molecule has 8 heteroatoms. The van der Waals surface area contributed by atoms with Crippen molar-refractivity contribution in [1.82, 2.24) is 10.3 Å². The van der Waals surface area contributed by atoms with Gasteiger partial charge in [-0.25, -0.2) is 8.78 Å². The van der Waals surface area contributed by atoms with Crippen LogP contribution in [0.2, 0.25) is 0 Å². The summed E-state index contributed by atoms with van der Waals surface area (Å²) >= 11 is 0. The number of halogens is 2. The number of hydrogen-bond acceptors (Lipinski definition) is 3. The first-order valence-electron chi connectivity index (χ1n) is 11.3. The maximum absolute atomic E-state index is 14.3. The number of carbonyl (C=O) groups is 2. The molecule has 3 N–H and O–H groups in total. The van der Waals surface area contributed by atoms with Crippen LogP contribution in [0.15, 0.2) is 48.8 Å². The van der Waals surface area contributed by atoms with Crippen LogP contribution in [0, 0.1) is 19.7 Å². The lowest BCUT2D eigenvalue weighted by atomic mass is 10.0. The van der Waals surface area contributed by atoms with Gasteiger partial charge in [0.2, 0.25) is 0 Å². The average Bonchev–Trinajstić information content (AvgIpc) is 3.11. The first-order valence-corrected chi connectivity index (χ1v) is 11.3. The van der Waals surface area contributed by atoms with E-state index in [1.807, 2.05) is 6.92 Å². The molecular formula is C28H28F2N2O4. The molecule has 0 fully saturated rings. The van der Waals surface area contributed by atoms with Crippen molar-refractivity contribution in [3.05, 3.63) is 93.8 Å². The molecule has 1 aromatic heterocycles. The van der Waals surface area contributed by atoms with Crippen LogP contribution in [0.3, 0.4) is 0 Å². The Morgan fingerprint density at radius 3 is 2.56 bits per heavy atom. The molecule has 0 aliphatic rings. The Kier molecular flexibility index (Phi) is 8.42. The zero-order chi connectivity index (χ0) is 26.4. The number of carboxylic acid groups (broad SMARTS) is 1. The Morgan fingerprint density at radius 1 is 1.17 bits per heavy atom. The van der Waals surface area contributed by atoms with Gasteiger partial charge >= 0.3 is 5.97 Å². The second-order valence-electron chi connectivity index (χ2n) is 8.45. The van der Waals surface area contributed by atoms with Gasteiger partial charge in [-0.05, 0) is 85.9 Å². The van der Waals surface area contributed by atoms with E-state index in [1.165, 1.54) is 31.2 Å². The van der Waals surface area contributed by atoms with Crippen LogP contribution in [0.4, 0.5) is 8.78 Å². The van der Waals surface area contributed by atoms with Crippen molar-refractivity contribution in [1.29, 1.82) is 0 Å². The van der Waals surface area contributed by atoms with E-state index in [1.54, 1.807) is 31.2 Å². The molecule has 1 heterocycles. The molecule has 6 nitrogen and oxygen atoms in total. The van der Waals surface area contributed by atoms with Gasteiger partial charge in [0.15, 0.2) is 0 Å². The quantitative estimate of drug-likeness (QED) is 0.301. The molecule has 2 aromatic carbocycles. The third-order valence-corrected chi connectivity index (χ3v) is 5.65. The van der Waals surface area contributed by atoms with Crippen molar-refractivity contribution >= 4 is 24.0 Å². The molecule has 0 atom stereocenters. The van der Waals surface area contributed by atoms with Crippen molar-refractivity contribution in [3.8, 4) is 11.5 Å². The standard InChI is InChI=1S/C28H28F2N2O4/c1-5-25-24(11-17(3)29)18(4)27(32-25)28(35)31-15-19-12-21(30)14-23(13-19)36-22-8-6-20(16(2)10-22)7-9-26(33)34/h5-6,8,10-14,32H,1,7,9,15H2,2-4H3,(H,31,35)(H,33,34)/b17-11+. The first-order chi connectivity index (χ1) is 17.1. The molecule has 0 spiro atoms. The highest BCUT2D eigenvalue weighted by atomic mass is 19.1. The zero-order valence-corrected chi connectivity index (χ0v) is 20.4. The van der Waals surface area contributed by atoms with Gasteiger partial charge in [-0.2, -0.15) is 0 Å². The minimum atomic E-state index is -0.867. The topological polar surface area (TPSA) is 91.4 Å². The molecule has 0 saturated carbocycles. The number of amides is 1. The van der Waals surface area contributed by atoms with Crippen molar-refractivity contribution < 1.29 is 28.2 Å². The van der Waals surface area contributed by atoms with Gasteiger partial charge in [-0.3, -0.25) is 9.59 Å². The molecule has 0 bridgehead atoms. The van der Waals surface area contributed by atoms with Crippen LogP contribution in [0.1, 0.15) is 57.3 Å². The molecule has 1 amide bonds. The number of aliphatic carboxylic acids is 1. The van der Waals surface area contributed by atoms with E-state index < -0.39 is 23.5 Å². The summed E-state index contributed by atoms with van der Waals surface area (Å²) in [5.41, 5.74) is 4.16. The van der Waals surface area contributed by atoms with Crippen molar-refractivity contribution in [2.75, 3.05) is 0 Å². The maximum Gasteiger partial charge on any atom is 0.303 e. The van der Waals surface area contributed by atoms with Crippen molar-refractivity contribution in [2.24, 2.45) is 0 Å². The molecular weight excluding hydrogens is 466 g/mol. The van der Waals surface area contributed by atoms with Gasteiger partial charge in [0.1, 0.15) is 23.0 Å². The third-order valence-electron chi connectivity index (χ3n) is 5.65. The van der Waals surface area contributed by atoms with E-state index in [9.17, 15) is 18.4 Å². The van der Waals surface area contributed by atoms with Crippen molar-refractivity contribution in [3.63, 3.8) is 0 Å². The molecule has 0 radical (unpaired) electrons. The van der Waals surface area contributed by atoms with Gasteiger partial charge in [0, 0.05) is 30.3 Å². The van der Waals surface area contributed by atoms with Crippen LogP contribution < -0.4 is 10.1 Å². The average molecular weight is 495 g/mol. The molecule has 188 valence electrons. The second kappa shape index (κ2) is 11.5. The number of benzene rings is 2. The molecule has 0 unspecified atom stereocenters. The van der Waals surface area contributed by atoms with Crippen LogP contribution >= 0.6 is 0 Å². The number of allylic oxidation sites excluding steroid dienone is 1. The molecule has 3 rings (SSSR count). The summed E-state index contributed by atoms with van der Waals surface area (Å²) in [5, 5.41) is 11.6. The number of ether oxygens (including phenoxy) is 1. The van der Waals surface area contributed by atoms with Gasteiger partial charge in [-0.1, -0.05) is 12.6 Å². The van der Waals surface area contributed by atoms with Crippen LogP contribution in [-0.2, 0) is 17.8 Å². The first kappa shape index (κ1) is 26.4. The molecule has 0 saturated heterocycles. The predicted octanol–water partition coefficient (Wildman–Crippen LogP) is 6.48. The van der Waals surface area contributed by atoms with Gasteiger partial charge in [0.25, 0.3) is 5.91 Å². The smallest absolute Gasteiger partial charge is 0.303 e. The number of nitrogens with one attached hydrogen (secondary N) is 2. The molecule has 3 aromatic rings. The predicted molar refractivity (Wildman–Crippen MR) is 135 cm³/mol. The summed E-state index contributed by atoms with van der Waals surface area (Å²) < 4.78 is 33.5. The van der Waals surface area contributed by atoms with Crippen LogP contribution in [0.5, 0.6) is 11.5 Å². The summed E-state index contributed by atoms with van der Waals surface area (Å²) in [6.45, 7) is 8.61. The highest BCUT2D eigenvalue weighted by Gasteiger charge is 2.17. The third kappa shape index (κ3) is 6.69. The fourth-order valence-electron chi connectivity index (χ4n) is 3.85. The number of carboxylic acids is 1. The summed E-state index contributed by atoms with van der Waals surface area (Å²) in [6.07, 6.45) is 3.28. The fourth-order valence-corrected chi connectivity index (χ4v) is 3.85. The summed E-state index contributed by atoms with van der Waals surface area (Å²) in [7, 11) is 0. The Labute approximate surface area is 208 Å². The monoisotopic (exact) mass is 494 g/mol. The minimum absolute atomic E-state index is 0.0322. The van der Waals surface area contributed by atoms with Gasteiger partial charge in [-0.15, -0.1) is 0 Å². The second-order valence-corrected chi connectivity index (χ2v) is 8.45. The minimum Gasteiger partial charge on any atom is -0.481 e. The van der Waals surface area contributed by atoms with Crippen molar-refractivity contribution in [2.45, 2.75) is 40.2 Å². The number of rotatable bonds is 10. The zero-order valence-electron chi connectivity index (χ0n) is 20.4. The van der Waals surface area contributed by atoms with E-state index in [0.717, 1.165) is 11.1 Å². The summed E-state index contributed by atoms with van der Waals surface area (Å²) in [4.78, 5) is 26.5. The normalized spacial score (nSPS) is 11.3. The number of aromatic nitrogens is 1. The van der Waals surface area contributed by atoms with Crippen LogP contribution in [-0.4, -0.2) is 22.0 Å². The molecule has 36 heavy (non-hydrogen) atoms. The van der Waals surface area contributed by atoms with Gasteiger partial charge < -0.3 is 20.1 Å². The Morgan fingerprint density at radius 2 is 1.92 bits per heavy atom. The molecule has 0 aliphatic carbocycles. The largest absolute Gasteiger partial charge is 0.481 e. The van der Waals surface area contributed by atoms with Crippen LogP contribution in [0.25, 0.3) is 12.2 Å². The lowest BCUT2D eigenvalue weighted by molar-refractivity contribution is -0.136. The van der Waals surface area contributed by atoms with E-state index >= 15 is 0 Å². The van der Waals surface area contributed by atoms with E-state index in [-0.39, 0.29) is 24.4 Å². The van der Waals surface area contributed by atoms with E-state index in [0.29, 0.717) is 34.6 Å². The number of carbonyl (C=O) groups excluding carboxylic acids is 1. The summed E-state index contributed by atoms with van der Waals surface area (Å²) in [6, 6.07) is 9.41. The van der Waals surface area contributed by atoms with Gasteiger partial charge in [0.05, 0.1) is 5.83 Å². The Hall–Kier alpha value is -4.20.